The van der Waals surface area contributed by atoms with E-state index in [0.717, 1.165) is 3.57 Å². The summed E-state index contributed by atoms with van der Waals surface area (Å²) in [5.74, 6) is 0.0609. The van der Waals surface area contributed by atoms with Crippen molar-refractivity contribution in [3.63, 3.8) is 0 Å². The van der Waals surface area contributed by atoms with Gasteiger partial charge in [0.15, 0.2) is 0 Å². The highest BCUT2D eigenvalue weighted by Crippen LogP contribution is 2.32. The fourth-order valence-electron chi connectivity index (χ4n) is 1.48. The van der Waals surface area contributed by atoms with Gasteiger partial charge in [-0.15, -0.1) is 0 Å². The van der Waals surface area contributed by atoms with Crippen LogP contribution in [0.2, 0.25) is 5.02 Å². The Kier molecular flexibility index (Phi) is 3.54. The lowest BCUT2D eigenvalue weighted by Crippen LogP contribution is -2.05. The first-order valence-electron chi connectivity index (χ1n) is 4.81. The number of hydrogen-bond acceptors (Lipinski definition) is 5. The number of nitriles is 1. The standard InChI is InChI=1S/C11H7ClIN5/c12-8-3-5(13)1-2-6(8)9-7(4-14)10(15)18-11(16)17-9/h1-3H,(H4,15,16,17,18). The van der Waals surface area contributed by atoms with Crippen molar-refractivity contribution in [1.29, 1.82) is 5.26 Å². The summed E-state index contributed by atoms with van der Waals surface area (Å²) in [5.41, 5.74) is 12.3. The monoisotopic (exact) mass is 371 g/mol. The number of benzene rings is 1. The molecule has 18 heavy (non-hydrogen) atoms. The van der Waals surface area contributed by atoms with Crippen LogP contribution in [0.15, 0.2) is 18.2 Å². The molecule has 0 aliphatic rings. The number of halogens is 2. The Morgan fingerprint density at radius 2 is 2.00 bits per heavy atom. The van der Waals surface area contributed by atoms with Gasteiger partial charge in [-0.2, -0.15) is 10.2 Å². The Hall–Kier alpha value is -1.59. The average molecular weight is 372 g/mol. The van der Waals surface area contributed by atoms with Gasteiger partial charge in [0.1, 0.15) is 17.5 Å². The predicted molar refractivity (Wildman–Crippen MR) is 78.7 cm³/mol. The highest BCUT2D eigenvalue weighted by molar-refractivity contribution is 14.1. The Bertz CT molecular complexity index is 665. The minimum atomic E-state index is 0.0103. The number of nitrogens with zero attached hydrogens (tertiary/aromatic N) is 3. The van der Waals surface area contributed by atoms with Gasteiger partial charge < -0.3 is 11.5 Å². The molecule has 0 aliphatic carbocycles. The van der Waals surface area contributed by atoms with Crippen molar-refractivity contribution in [2.75, 3.05) is 11.5 Å². The first kappa shape index (κ1) is 12.9. The van der Waals surface area contributed by atoms with E-state index in [1.807, 2.05) is 12.1 Å². The van der Waals surface area contributed by atoms with Crippen LogP contribution in [0.5, 0.6) is 0 Å². The van der Waals surface area contributed by atoms with E-state index in [9.17, 15) is 0 Å². The molecule has 0 bridgehead atoms. The molecule has 0 unspecified atom stereocenters. The lowest BCUT2D eigenvalue weighted by Gasteiger charge is -2.08. The molecule has 4 N–H and O–H groups in total. The smallest absolute Gasteiger partial charge is 0.222 e. The van der Waals surface area contributed by atoms with Gasteiger partial charge in [0, 0.05) is 9.13 Å². The van der Waals surface area contributed by atoms with Crippen molar-refractivity contribution in [3.05, 3.63) is 32.4 Å². The number of aromatic nitrogens is 2. The van der Waals surface area contributed by atoms with Gasteiger partial charge in [-0.25, -0.2) is 4.98 Å². The van der Waals surface area contributed by atoms with E-state index in [-0.39, 0.29) is 17.3 Å². The summed E-state index contributed by atoms with van der Waals surface area (Å²) in [6, 6.07) is 7.36. The molecule has 2 aromatic rings. The van der Waals surface area contributed by atoms with Crippen LogP contribution < -0.4 is 11.5 Å². The fraction of sp³-hybridized carbons (Fsp3) is 0. The molecule has 0 saturated carbocycles. The van der Waals surface area contributed by atoms with E-state index in [4.69, 9.17) is 28.3 Å². The summed E-state index contributed by atoms with van der Waals surface area (Å²) in [6.45, 7) is 0. The summed E-state index contributed by atoms with van der Waals surface area (Å²) in [7, 11) is 0. The minimum absolute atomic E-state index is 0.0103. The van der Waals surface area contributed by atoms with Gasteiger partial charge in [-0.3, -0.25) is 0 Å². The molecule has 0 atom stereocenters. The predicted octanol–water partition coefficient (Wildman–Crippen LogP) is 2.44. The number of nitrogen functional groups attached to an aromatic ring is 2. The van der Waals surface area contributed by atoms with E-state index in [1.54, 1.807) is 12.1 Å². The molecule has 1 aromatic carbocycles. The number of hydrogen-bond donors (Lipinski definition) is 2. The third-order valence-electron chi connectivity index (χ3n) is 2.25. The maximum absolute atomic E-state index is 9.10. The molecular formula is C11H7ClIN5. The lowest BCUT2D eigenvalue weighted by atomic mass is 10.1. The molecule has 0 aliphatic heterocycles. The molecule has 1 aromatic heterocycles. The van der Waals surface area contributed by atoms with Gasteiger partial charge in [0.2, 0.25) is 5.95 Å². The fourth-order valence-corrected chi connectivity index (χ4v) is 2.43. The summed E-state index contributed by atoms with van der Waals surface area (Å²) < 4.78 is 0.981. The van der Waals surface area contributed by atoms with E-state index >= 15 is 0 Å². The molecule has 0 fully saturated rings. The quantitative estimate of drug-likeness (QED) is 0.750. The first-order chi connectivity index (χ1) is 8.52. The Balaban J connectivity index is 2.75. The van der Waals surface area contributed by atoms with Crippen LogP contribution in [0.3, 0.4) is 0 Å². The zero-order valence-electron chi connectivity index (χ0n) is 8.98. The van der Waals surface area contributed by atoms with Crippen molar-refractivity contribution in [1.82, 2.24) is 9.97 Å². The lowest BCUT2D eigenvalue weighted by molar-refractivity contribution is 1.18. The van der Waals surface area contributed by atoms with E-state index in [2.05, 4.69) is 32.6 Å². The number of rotatable bonds is 1. The summed E-state index contributed by atoms with van der Waals surface area (Å²) in [5, 5.41) is 9.58. The molecular weight excluding hydrogens is 365 g/mol. The minimum Gasteiger partial charge on any atom is -0.382 e. The second-order valence-electron chi connectivity index (χ2n) is 3.43. The molecule has 90 valence electrons. The largest absolute Gasteiger partial charge is 0.382 e. The van der Waals surface area contributed by atoms with Crippen LogP contribution >= 0.6 is 34.2 Å². The Morgan fingerprint density at radius 1 is 1.28 bits per heavy atom. The van der Waals surface area contributed by atoms with Crippen molar-refractivity contribution in [3.8, 4) is 17.3 Å². The van der Waals surface area contributed by atoms with Gasteiger partial charge >= 0.3 is 0 Å². The highest BCUT2D eigenvalue weighted by Gasteiger charge is 2.15. The third kappa shape index (κ3) is 2.32. The van der Waals surface area contributed by atoms with Crippen molar-refractivity contribution < 1.29 is 0 Å². The topological polar surface area (TPSA) is 102 Å². The number of nitrogens with two attached hydrogens (primary N) is 2. The van der Waals surface area contributed by atoms with Crippen LogP contribution in [-0.4, -0.2) is 9.97 Å². The highest BCUT2D eigenvalue weighted by atomic mass is 127. The second kappa shape index (κ2) is 4.96. The SMILES string of the molecule is N#Cc1c(N)nc(N)nc1-c1ccc(I)cc1Cl. The normalized spacial score (nSPS) is 10.1. The maximum Gasteiger partial charge on any atom is 0.222 e. The molecule has 0 spiro atoms. The zero-order valence-corrected chi connectivity index (χ0v) is 11.9. The van der Waals surface area contributed by atoms with Gasteiger partial charge in [0.05, 0.1) is 10.7 Å². The second-order valence-corrected chi connectivity index (χ2v) is 5.08. The van der Waals surface area contributed by atoms with Crippen LogP contribution in [0.4, 0.5) is 11.8 Å². The van der Waals surface area contributed by atoms with Gasteiger partial charge in [-0.1, -0.05) is 17.7 Å². The molecule has 0 saturated heterocycles. The van der Waals surface area contributed by atoms with E-state index in [0.29, 0.717) is 16.3 Å². The molecule has 5 nitrogen and oxygen atoms in total. The molecule has 7 heteroatoms. The Labute approximate surface area is 122 Å². The molecule has 2 rings (SSSR count). The van der Waals surface area contributed by atoms with Gasteiger partial charge in [0.25, 0.3) is 0 Å². The average Bonchev–Trinajstić information content (AvgIpc) is 2.28. The van der Waals surface area contributed by atoms with E-state index < -0.39 is 0 Å². The van der Waals surface area contributed by atoms with E-state index in [1.165, 1.54) is 0 Å². The van der Waals surface area contributed by atoms with Crippen LogP contribution in [-0.2, 0) is 0 Å². The Morgan fingerprint density at radius 3 is 2.61 bits per heavy atom. The molecule has 1 heterocycles. The number of anilines is 2. The molecule has 0 amide bonds. The summed E-state index contributed by atoms with van der Waals surface area (Å²) in [6.07, 6.45) is 0. The zero-order chi connectivity index (χ0) is 13.3. The molecule has 0 radical (unpaired) electrons. The third-order valence-corrected chi connectivity index (χ3v) is 3.24. The first-order valence-corrected chi connectivity index (χ1v) is 6.27. The van der Waals surface area contributed by atoms with Crippen LogP contribution in [0.1, 0.15) is 5.56 Å². The van der Waals surface area contributed by atoms with Gasteiger partial charge in [-0.05, 0) is 34.7 Å². The van der Waals surface area contributed by atoms with Crippen LogP contribution in [0, 0.1) is 14.9 Å². The summed E-state index contributed by atoms with van der Waals surface area (Å²) >= 11 is 8.28. The van der Waals surface area contributed by atoms with Crippen molar-refractivity contribution >= 4 is 46.0 Å². The van der Waals surface area contributed by atoms with Crippen molar-refractivity contribution in [2.24, 2.45) is 0 Å². The van der Waals surface area contributed by atoms with Crippen molar-refractivity contribution in [2.45, 2.75) is 0 Å². The summed E-state index contributed by atoms with van der Waals surface area (Å²) in [4.78, 5) is 7.80. The van der Waals surface area contributed by atoms with Crippen LogP contribution in [0.25, 0.3) is 11.3 Å². The maximum atomic E-state index is 9.10.